The molecule has 6 nitrogen and oxygen atoms in total. The summed E-state index contributed by atoms with van der Waals surface area (Å²) in [5, 5.41) is 3.90. The van der Waals surface area contributed by atoms with Gasteiger partial charge in [-0.15, -0.1) is 0 Å². The van der Waals surface area contributed by atoms with Gasteiger partial charge in [-0.3, -0.25) is 9.59 Å². The zero-order valence-electron chi connectivity index (χ0n) is 13.7. The Bertz CT molecular complexity index is 602. The lowest BCUT2D eigenvalue weighted by Crippen LogP contribution is -2.28. The van der Waals surface area contributed by atoms with Crippen molar-refractivity contribution in [1.29, 1.82) is 0 Å². The van der Waals surface area contributed by atoms with Gasteiger partial charge < -0.3 is 9.47 Å². The van der Waals surface area contributed by atoms with Crippen LogP contribution >= 0.6 is 15.9 Å². The lowest BCUT2D eigenvalue weighted by molar-refractivity contribution is -0.145. The number of benzene rings is 1. The second-order valence-electron chi connectivity index (χ2n) is 4.96. The van der Waals surface area contributed by atoms with Crippen molar-refractivity contribution in [2.45, 2.75) is 27.7 Å². The van der Waals surface area contributed by atoms with Gasteiger partial charge in [-0.2, -0.15) is 5.10 Å². The Balaban J connectivity index is 2.48. The maximum Gasteiger partial charge on any atom is 0.314 e. The van der Waals surface area contributed by atoms with Gasteiger partial charge in [0.05, 0.1) is 12.5 Å². The first-order chi connectivity index (χ1) is 10.8. The number of halogens is 1. The molecule has 1 N–H and O–H groups in total. The summed E-state index contributed by atoms with van der Waals surface area (Å²) >= 11 is 3.40. The third kappa shape index (κ3) is 6.40. The molecule has 1 rings (SSSR count). The quantitative estimate of drug-likeness (QED) is 0.445. The number of hydrogen-bond donors (Lipinski definition) is 1. The number of carbonyl (C=O) groups excluding carboxylic acids is 2. The van der Waals surface area contributed by atoms with Crippen LogP contribution in [0.4, 0.5) is 0 Å². The van der Waals surface area contributed by atoms with E-state index in [2.05, 4.69) is 26.5 Å². The van der Waals surface area contributed by atoms with Crippen molar-refractivity contribution in [3.05, 3.63) is 28.2 Å². The molecule has 1 unspecified atom stereocenters. The van der Waals surface area contributed by atoms with Gasteiger partial charge in [-0.25, -0.2) is 5.43 Å². The molecule has 7 heteroatoms. The normalized spacial score (nSPS) is 12.5. The van der Waals surface area contributed by atoms with Gasteiger partial charge in [0.25, 0.3) is 5.91 Å². The molecular weight excluding hydrogens is 364 g/mol. The van der Waals surface area contributed by atoms with Crippen LogP contribution in [0.15, 0.2) is 27.8 Å². The van der Waals surface area contributed by atoms with Gasteiger partial charge in [0.2, 0.25) is 0 Å². The summed E-state index contributed by atoms with van der Waals surface area (Å²) in [4.78, 5) is 23.3. The fourth-order valence-corrected chi connectivity index (χ4v) is 1.82. The van der Waals surface area contributed by atoms with E-state index in [9.17, 15) is 9.59 Å². The van der Waals surface area contributed by atoms with E-state index >= 15 is 0 Å². The predicted octanol–water partition coefficient (Wildman–Crippen LogP) is 2.83. The first kappa shape index (κ1) is 19.2. The van der Waals surface area contributed by atoms with Gasteiger partial charge in [0.1, 0.15) is 5.75 Å². The number of esters is 1. The summed E-state index contributed by atoms with van der Waals surface area (Å²) in [6.45, 7) is 7.14. The Hall–Kier alpha value is -1.89. The van der Waals surface area contributed by atoms with Crippen LogP contribution in [-0.4, -0.2) is 30.8 Å². The van der Waals surface area contributed by atoms with Gasteiger partial charge in [-0.05, 0) is 51.5 Å². The molecule has 0 heterocycles. The van der Waals surface area contributed by atoms with Crippen LogP contribution in [0.1, 0.15) is 26.3 Å². The fourth-order valence-electron chi connectivity index (χ4n) is 1.57. The highest BCUT2D eigenvalue weighted by molar-refractivity contribution is 9.10. The molecule has 0 saturated heterocycles. The summed E-state index contributed by atoms with van der Waals surface area (Å²) in [5.41, 5.74) is 3.85. The van der Waals surface area contributed by atoms with E-state index in [-0.39, 0.29) is 12.6 Å². The summed E-state index contributed by atoms with van der Waals surface area (Å²) in [6.07, 6.45) is 0. The number of amides is 1. The molecule has 0 fully saturated rings. The number of ether oxygens (including phenoxy) is 2. The standard InChI is InChI=1S/C16H21BrN2O4/c1-5-22-16(21)11(3)12(4)18-19-15(20)9-23-13-6-7-14(17)10(2)8-13/h6-8,11H,5,9H2,1-4H3,(H,19,20). The van der Waals surface area contributed by atoms with Crippen LogP contribution in [0.5, 0.6) is 5.75 Å². The van der Waals surface area contributed by atoms with Crippen molar-refractivity contribution in [2.24, 2.45) is 11.0 Å². The molecule has 0 bridgehead atoms. The molecule has 1 amide bonds. The minimum atomic E-state index is -0.509. The predicted molar refractivity (Wildman–Crippen MR) is 91.4 cm³/mol. The maximum absolute atomic E-state index is 11.7. The zero-order valence-corrected chi connectivity index (χ0v) is 15.3. The van der Waals surface area contributed by atoms with E-state index in [1.807, 2.05) is 19.1 Å². The van der Waals surface area contributed by atoms with Crippen LogP contribution in [0, 0.1) is 12.8 Å². The fraction of sp³-hybridized carbons (Fsp3) is 0.438. The van der Waals surface area contributed by atoms with E-state index in [0.29, 0.717) is 18.1 Å². The Morgan fingerprint density at radius 3 is 2.70 bits per heavy atom. The average Bonchev–Trinajstić information content (AvgIpc) is 2.53. The van der Waals surface area contributed by atoms with Crippen molar-refractivity contribution in [2.75, 3.05) is 13.2 Å². The summed E-state index contributed by atoms with van der Waals surface area (Å²) < 4.78 is 11.3. The summed E-state index contributed by atoms with van der Waals surface area (Å²) in [7, 11) is 0. The number of aryl methyl sites for hydroxylation is 1. The molecule has 0 aliphatic carbocycles. The van der Waals surface area contributed by atoms with E-state index < -0.39 is 11.8 Å². The minimum absolute atomic E-state index is 0.161. The molecule has 0 spiro atoms. The SMILES string of the molecule is CCOC(=O)C(C)C(C)=NNC(=O)COc1ccc(Br)c(C)c1. The molecule has 0 saturated carbocycles. The summed E-state index contributed by atoms with van der Waals surface area (Å²) in [6, 6.07) is 5.45. The van der Waals surface area contributed by atoms with Gasteiger partial charge >= 0.3 is 5.97 Å². The molecule has 0 aromatic heterocycles. The Labute approximate surface area is 144 Å². The van der Waals surface area contributed by atoms with Crippen LogP contribution < -0.4 is 10.2 Å². The number of nitrogens with zero attached hydrogens (tertiary/aromatic N) is 1. The Morgan fingerprint density at radius 1 is 1.39 bits per heavy atom. The van der Waals surface area contributed by atoms with E-state index in [1.54, 1.807) is 26.8 Å². The van der Waals surface area contributed by atoms with Crippen LogP contribution in [0.2, 0.25) is 0 Å². The van der Waals surface area contributed by atoms with Crippen LogP contribution in [0.25, 0.3) is 0 Å². The van der Waals surface area contributed by atoms with Crippen molar-refractivity contribution < 1.29 is 19.1 Å². The zero-order chi connectivity index (χ0) is 17.4. The first-order valence-electron chi connectivity index (χ1n) is 7.23. The van der Waals surface area contributed by atoms with E-state index in [1.165, 1.54) is 0 Å². The van der Waals surface area contributed by atoms with Gasteiger partial charge in [0.15, 0.2) is 6.61 Å². The minimum Gasteiger partial charge on any atom is -0.484 e. The number of hydrogen-bond acceptors (Lipinski definition) is 5. The molecule has 1 aromatic rings. The Kier molecular flexibility index (Phi) is 7.74. The molecule has 1 atom stereocenters. The van der Waals surface area contributed by atoms with Crippen molar-refractivity contribution in [3.63, 3.8) is 0 Å². The molecular formula is C16H21BrN2O4. The molecule has 23 heavy (non-hydrogen) atoms. The topological polar surface area (TPSA) is 77.0 Å². The number of nitrogens with one attached hydrogen (secondary N) is 1. The van der Waals surface area contributed by atoms with Crippen molar-refractivity contribution in [1.82, 2.24) is 5.43 Å². The Morgan fingerprint density at radius 2 is 2.09 bits per heavy atom. The lowest BCUT2D eigenvalue weighted by Gasteiger charge is -2.10. The first-order valence-corrected chi connectivity index (χ1v) is 8.03. The van der Waals surface area contributed by atoms with Crippen molar-refractivity contribution >= 4 is 33.5 Å². The third-order valence-corrected chi connectivity index (χ3v) is 4.01. The average molecular weight is 385 g/mol. The second-order valence-corrected chi connectivity index (χ2v) is 5.82. The molecule has 0 radical (unpaired) electrons. The smallest absolute Gasteiger partial charge is 0.314 e. The third-order valence-electron chi connectivity index (χ3n) is 3.12. The molecule has 126 valence electrons. The summed E-state index contributed by atoms with van der Waals surface area (Å²) in [5.74, 6) is -0.683. The number of hydrazone groups is 1. The van der Waals surface area contributed by atoms with Gasteiger partial charge in [-0.1, -0.05) is 15.9 Å². The number of carbonyl (C=O) groups is 2. The molecule has 1 aromatic carbocycles. The lowest BCUT2D eigenvalue weighted by atomic mass is 10.1. The second kappa shape index (κ2) is 9.29. The van der Waals surface area contributed by atoms with Crippen LogP contribution in [0.3, 0.4) is 0 Å². The van der Waals surface area contributed by atoms with Gasteiger partial charge in [0, 0.05) is 10.2 Å². The number of rotatable bonds is 7. The maximum atomic E-state index is 11.7. The van der Waals surface area contributed by atoms with Crippen LogP contribution in [-0.2, 0) is 14.3 Å². The highest BCUT2D eigenvalue weighted by Gasteiger charge is 2.17. The highest BCUT2D eigenvalue weighted by atomic mass is 79.9. The highest BCUT2D eigenvalue weighted by Crippen LogP contribution is 2.21. The molecule has 0 aliphatic heterocycles. The molecule has 0 aliphatic rings. The largest absolute Gasteiger partial charge is 0.484 e. The van der Waals surface area contributed by atoms with E-state index in [0.717, 1.165) is 10.0 Å². The van der Waals surface area contributed by atoms with Crippen molar-refractivity contribution in [3.8, 4) is 5.75 Å². The monoisotopic (exact) mass is 384 g/mol. The van der Waals surface area contributed by atoms with E-state index in [4.69, 9.17) is 9.47 Å².